The average molecular weight is 322 g/mol. The number of halogens is 1. The van der Waals surface area contributed by atoms with E-state index in [-0.39, 0.29) is 6.04 Å². The zero-order chi connectivity index (χ0) is 13.8. The van der Waals surface area contributed by atoms with Crippen molar-refractivity contribution in [2.45, 2.75) is 33.2 Å². The van der Waals surface area contributed by atoms with Crippen LogP contribution in [0.4, 0.5) is 0 Å². The molecule has 1 unspecified atom stereocenters. The Hall–Kier alpha value is -1.06. The number of furan rings is 1. The van der Waals surface area contributed by atoms with E-state index in [1.807, 2.05) is 12.3 Å². The number of nitrogens with one attached hydrogen (secondary N) is 1. The molecule has 0 saturated heterocycles. The lowest BCUT2D eigenvalue weighted by Gasteiger charge is -2.21. The van der Waals surface area contributed by atoms with Gasteiger partial charge in [-0.05, 0) is 55.6 Å². The van der Waals surface area contributed by atoms with Gasteiger partial charge in [0.05, 0.1) is 18.6 Å². The predicted octanol–water partition coefficient (Wildman–Crippen LogP) is 4.75. The molecule has 102 valence electrons. The maximum Gasteiger partial charge on any atom is 0.0953 e. The van der Waals surface area contributed by atoms with Crippen molar-refractivity contribution in [3.63, 3.8) is 0 Å². The van der Waals surface area contributed by atoms with Gasteiger partial charge in [0.2, 0.25) is 0 Å². The average Bonchev–Trinajstić information content (AvgIpc) is 2.89. The van der Waals surface area contributed by atoms with Gasteiger partial charge in [-0.15, -0.1) is 0 Å². The standard InChI is InChI=1S/C16H20BrNO/c1-4-6-18-16(13-5-7-19-10-13)14-8-12(3)15(17)9-11(14)2/h5,7-10,16,18H,4,6H2,1-3H3. The molecule has 1 atom stereocenters. The van der Waals surface area contributed by atoms with Crippen molar-refractivity contribution in [3.8, 4) is 0 Å². The van der Waals surface area contributed by atoms with Gasteiger partial charge in [-0.2, -0.15) is 0 Å². The number of aryl methyl sites for hydroxylation is 2. The number of benzene rings is 1. The third kappa shape index (κ3) is 3.28. The summed E-state index contributed by atoms with van der Waals surface area (Å²) in [4.78, 5) is 0. The third-order valence-electron chi connectivity index (χ3n) is 3.33. The van der Waals surface area contributed by atoms with E-state index in [0.29, 0.717) is 0 Å². The largest absolute Gasteiger partial charge is 0.472 e. The van der Waals surface area contributed by atoms with Gasteiger partial charge in [-0.3, -0.25) is 0 Å². The van der Waals surface area contributed by atoms with Crippen LogP contribution < -0.4 is 5.32 Å². The van der Waals surface area contributed by atoms with E-state index < -0.39 is 0 Å². The summed E-state index contributed by atoms with van der Waals surface area (Å²) in [5.41, 5.74) is 5.04. The molecule has 1 heterocycles. The molecule has 0 bridgehead atoms. The summed E-state index contributed by atoms with van der Waals surface area (Å²) in [6, 6.07) is 6.67. The first-order chi connectivity index (χ1) is 9.13. The third-order valence-corrected chi connectivity index (χ3v) is 4.19. The molecule has 2 nitrogen and oxygen atoms in total. The summed E-state index contributed by atoms with van der Waals surface area (Å²) in [5, 5.41) is 3.60. The van der Waals surface area contributed by atoms with Gasteiger partial charge in [0.15, 0.2) is 0 Å². The van der Waals surface area contributed by atoms with Crippen molar-refractivity contribution in [2.24, 2.45) is 0 Å². The maximum atomic E-state index is 5.24. The van der Waals surface area contributed by atoms with E-state index in [1.54, 1.807) is 6.26 Å². The minimum Gasteiger partial charge on any atom is -0.472 e. The first-order valence-electron chi connectivity index (χ1n) is 6.65. The summed E-state index contributed by atoms with van der Waals surface area (Å²) in [5.74, 6) is 0. The Labute approximate surface area is 123 Å². The van der Waals surface area contributed by atoms with Crippen molar-refractivity contribution < 1.29 is 4.42 Å². The van der Waals surface area contributed by atoms with Crippen LogP contribution in [0.25, 0.3) is 0 Å². The Kier molecular flexibility index (Phi) is 4.83. The highest BCUT2D eigenvalue weighted by atomic mass is 79.9. The van der Waals surface area contributed by atoms with E-state index >= 15 is 0 Å². The normalized spacial score (nSPS) is 12.6. The highest BCUT2D eigenvalue weighted by Crippen LogP contribution is 2.29. The Morgan fingerprint density at radius 1 is 1.26 bits per heavy atom. The molecule has 0 aliphatic rings. The van der Waals surface area contributed by atoms with Gasteiger partial charge in [0, 0.05) is 10.0 Å². The molecule has 3 heteroatoms. The highest BCUT2D eigenvalue weighted by Gasteiger charge is 2.17. The van der Waals surface area contributed by atoms with Crippen molar-refractivity contribution in [1.82, 2.24) is 5.32 Å². The van der Waals surface area contributed by atoms with Crippen LogP contribution in [0, 0.1) is 13.8 Å². The van der Waals surface area contributed by atoms with E-state index in [9.17, 15) is 0 Å². The lowest BCUT2D eigenvalue weighted by atomic mass is 9.95. The van der Waals surface area contributed by atoms with Crippen molar-refractivity contribution in [1.29, 1.82) is 0 Å². The monoisotopic (exact) mass is 321 g/mol. The molecule has 0 amide bonds. The van der Waals surface area contributed by atoms with Gasteiger partial charge in [-0.25, -0.2) is 0 Å². The van der Waals surface area contributed by atoms with Crippen LogP contribution in [0.15, 0.2) is 39.6 Å². The molecule has 0 aliphatic heterocycles. The van der Waals surface area contributed by atoms with Crippen LogP contribution in [0.5, 0.6) is 0 Å². The van der Waals surface area contributed by atoms with Gasteiger partial charge in [0.25, 0.3) is 0 Å². The SMILES string of the molecule is CCCNC(c1ccoc1)c1cc(C)c(Br)cc1C. The summed E-state index contributed by atoms with van der Waals surface area (Å²) in [6.07, 6.45) is 4.67. The molecule has 1 aromatic heterocycles. The zero-order valence-corrected chi connectivity index (χ0v) is 13.3. The summed E-state index contributed by atoms with van der Waals surface area (Å²) in [7, 11) is 0. The quantitative estimate of drug-likeness (QED) is 0.859. The number of hydrogen-bond donors (Lipinski definition) is 1. The molecule has 0 saturated carbocycles. The van der Waals surface area contributed by atoms with Crippen LogP contribution in [-0.2, 0) is 0 Å². The van der Waals surface area contributed by atoms with E-state index in [1.165, 1.54) is 22.3 Å². The highest BCUT2D eigenvalue weighted by molar-refractivity contribution is 9.10. The minimum atomic E-state index is 0.200. The van der Waals surface area contributed by atoms with Crippen LogP contribution in [0.1, 0.15) is 41.6 Å². The summed E-state index contributed by atoms with van der Waals surface area (Å²) < 4.78 is 6.40. The van der Waals surface area contributed by atoms with E-state index in [2.05, 4.69) is 54.2 Å². The number of hydrogen-bond acceptors (Lipinski definition) is 2. The Balaban J connectivity index is 2.40. The van der Waals surface area contributed by atoms with Gasteiger partial charge >= 0.3 is 0 Å². The van der Waals surface area contributed by atoms with E-state index in [0.717, 1.165) is 17.4 Å². The second kappa shape index (κ2) is 6.40. The molecule has 1 aromatic carbocycles. The molecule has 19 heavy (non-hydrogen) atoms. The van der Waals surface area contributed by atoms with Crippen LogP contribution in [0.3, 0.4) is 0 Å². The second-order valence-corrected chi connectivity index (χ2v) is 5.76. The smallest absolute Gasteiger partial charge is 0.0953 e. The first kappa shape index (κ1) is 14.4. The Morgan fingerprint density at radius 2 is 2.05 bits per heavy atom. The summed E-state index contributed by atoms with van der Waals surface area (Å²) >= 11 is 3.59. The second-order valence-electron chi connectivity index (χ2n) is 4.90. The molecule has 0 fully saturated rings. The topological polar surface area (TPSA) is 25.2 Å². The molecular formula is C16H20BrNO. The van der Waals surface area contributed by atoms with Gasteiger partial charge in [-0.1, -0.05) is 28.9 Å². The molecule has 2 rings (SSSR count). The van der Waals surface area contributed by atoms with E-state index in [4.69, 9.17) is 4.42 Å². The van der Waals surface area contributed by atoms with Crippen LogP contribution >= 0.6 is 15.9 Å². The number of rotatable bonds is 5. The first-order valence-corrected chi connectivity index (χ1v) is 7.45. The molecule has 1 N–H and O–H groups in total. The van der Waals surface area contributed by atoms with Crippen molar-refractivity contribution in [3.05, 3.63) is 57.5 Å². The lowest BCUT2D eigenvalue weighted by molar-refractivity contribution is 0.547. The molecule has 2 aromatic rings. The fraction of sp³-hybridized carbons (Fsp3) is 0.375. The predicted molar refractivity (Wildman–Crippen MR) is 82.5 cm³/mol. The lowest BCUT2D eigenvalue weighted by Crippen LogP contribution is -2.23. The van der Waals surface area contributed by atoms with Crippen molar-refractivity contribution in [2.75, 3.05) is 6.54 Å². The molecule has 0 radical (unpaired) electrons. The summed E-state index contributed by atoms with van der Waals surface area (Å²) in [6.45, 7) is 7.45. The minimum absolute atomic E-state index is 0.200. The van der Waals surface area contributed by atoms with Crippen LogP contribution in [0.2, 0.25) is 0 Å². The zero-order valence-electron chi connectivity index (χ0n) is 11.7. The fourth-order valence-electron chi connectivity index (χ4n) is 2.25. The molecular weight excluding hydrogens is 302 g/mol. The maximum absolute atomic E-state index is 5.24. The van der Waals surface area contributed by atoms with Crippen LogP contribution in [-0.4, -0.2) is 6.54 Å². The van der Waals surface area contributed by atoms with Crippen molar-refractivity contribution >= 4 is 15.9 Å². The Morgan fingerprint density at radius 3 is 2.68 bits per heavy atom. The molecule has 0 aliphatic carbocycles. The Bertz CT molecular complexity index is 534. The van der Waals surface area contributed by atoms with Gasteiger partial charge < -0.3 is 9.73 Å². The van der Waals surface area contributed by atoms with Gasteiger partial charge in [0.1, 0.15) is 0 Å². The fourth-order valence-corrected chi connectivity index (χ4v) is 2.71. The molecule has 0 spiro atoms.